The second-order valence-electron chi connectivity index (χ2n) is 3.90. The van der Waals surface area contributed by atoms with Gasteiger partial charge in [0.25, 0.3) is 0 Å². The number of fused-ring (bicyclic) bond motifs is 1. The molecule has 15 heavy (non-hydrogen) atoms. The van der Waals surface area contributed by atoms with Crippen LogP contribution in [0.25, 0.3) is 6.08 Å². The average molecular weight is 202 g/mol. The summed E-state index contributed by atoms with van der Waals surface area (Å²) in [5.74, 6) is 0. The van der Waals surface area contributed by atoms with E-state index < -0.39 is 0 Å². The van der Waals surface area contributed by atoms with E-state index in [9.17, 15) is 0 Å². The molecule has 0 saturated carbocycles. The Morgan fingerprint density at radius 2 is 2.13 bits per heavy atom. The van der Waals surface area contributed by atoms with E-state index in [4.69, 9.17) is 4.74 Å². The number of ether oxygens (including phenoxy) is 1. The SMILES string of the molecule is C1=Cc2nccc(N3CCOCC3)c2C1. The largest absolute Gasteiger partial charge is 0.378 e. The van der Waals surface area contributed by atoms with Crippen LogP contribution in [0, 0.1) is 0 Å². The molecule has 0 N–H and O–H groups in total. The standard InChI is InChI=1S/C12H14N2O/c1-2-10-11(3-1)13-5-4-12(10)14-6-8-15-9-7-14/h1,3-5H,2,6-9H2. The smallest absolute Gasteiger partial charge is 0.0682 e. The van der Waals surface area contributed by atoms with Gasteiger partial charge in [-0.15, -0.1) is 0 Å². The fraction of sp³-hybridized carbons (Fsp3) is 0.417. The number of rotatable bonds is 1. The highest BCUT2D eigenvalue weighted by Crippen LogP contribution is 2.28. The molecule has 2 aliphatic rings. The van der Waals surface area contributed by atoms with E-state index in [1.807, 2.05) is 6.20 Å². The van der Waals surface area contributed by atoms with Gasteiger partial charge in [-0.3, -0.25) is 4.98 Å². The quantitative estimate of drug-likeness (QED) is 0.690. The Bertz CT molecular complexity index is 395. The molecule has 1 aliphatic heterocycles. The minimum Gasteiger partial charge on any atom is -0.378 e. The summed E-state index contributed by atoms with van der Waals surface area (Å²) in [6.07, 6.45) is 7.22. The van der Waals surface area contributed by atoms with Crippen molar-refractivity contribution < 1.29 is 4.74 Å². The summed E-state index contributed by atoms with van der Waals surface area (Å²) in [4.78, 5) is 6.77. The second kappa shape index (κ2) is 3.66. The first-order valence-electron chi connectivity index (χ1n) is 5.42. The molecule has 0 radical (unpaired) electrons. The molecule has 0 aromatic carbocycles. The topological polar surface area (TPSA) is 25.4 Å². The van der Waals surface area contributed by atoms with Crippen molar-refractivity contribution in [3.8, 4) is 0 Å². The van der Waals surface area contributed by atoms with Gasteiger partial charge in [0, 0.05) is 30.5 Å². The van der Waals surface area contributed by atoms with Crippen molar-refractivity contribution in [2.75, 3.05) is 31.2 Å². The molecule has 1 aliphatic carbocycles. The molecule has 3 heteroatoms. The molecule has 2 heterocycles. The number of hydrogen-bond acceptors (Lipinski definition) is 3. The number of morpholine rings is 1. The van der Waals surface area contributed by atoms with Gasteiger partial charge in [-0.05, 0) is 18.6 Å². The zero-order valence-corrected chi connectivity index (χ0v) is 8.65. The summed E-state index contributed by atoms with van der Waals surface area (Å²) in [6.45, 7) is 3.67. The summed E-state index contributed by atoms with van der Waals surface area (Å²) in [5.41, 5.74) is 3.85. The third-order valence-electron chi connectivity index (χ3n) is 3.01. The Hall–Kier alpha value is -1.35. The molecular weight excluding hydrogens is 188 g/mol. The lowest BCUT2D eigenvalue weighted by molar-refractivity contribution is 0.122. The third-order valence-corrected chi connectivity index (χ3v) is 3.01. The Morgan fingerprint density at radius 1 is 1.27 bits per heavy atom. The maximum absolute atomic E-state index is 5.37. The third kappa shape index (κ3) is 1.53. The first-order valence-corrected chi connectivity index (χ1v) is 5.42. The molecule has 1 aromatic rings. The van der Waals surface area contributed by atoms with Crippen LogP contribution in [0.4, 0.5) is 5.69 Å². The van der Waals surface area contributed by atoms with Crippen molar-refractivity contribution in [2.24, 2.45) is 0 Å². The fourth-order valence-electron chi connectivity index (χ4n) is 2.24. The van der Waals surface area contributed by atoms with E-state index in [0.717, 1.165) is 38.4 Å². The normalized spacial score (nSPS) is 19.3. The van der Waals surface area contributed by atoms with Crippen LogP contribution >= 0.6 is 0 Å². The van der Waals surface area contributed by atoms with E-state index in [0.29, 0.717) is 0 Å². The van der Waals surface area contributed by atoms with Crippen molar-refractivity contribution in [3.63, 3.8) is 0 Å². The fourth-order valence-corrected chi connectivity index (χ4v) is 2.24. The van der Waals surface area contributed by atoms with Crippen molar-refractivity contribution in [1.82, 2.24) is 4.98 Å². The Labute approximate surface area is 89.4 Å². The van der Waals surface area contributed by atoms with Crippen LogP contribution in [-0.2, 0) is 11.2 Å². The van der Waals surface area contributed by atoms with E-state index in [2.05, 4.69) is 28.1 Å². The molecule has 3 rings (SSSR count). The molecule has 3 nitrogen and oxygen atoms in total. The zero-order valence-electron chi connectivity index (χ0n) is 8.65. The van der Waals surface area contributed by atoms with Gasteiger partial charge in [0.15, 0.2) is 0 Å². The Balaban J connectivity index is 1.95. The van der Waals surface area contributed by atoms with Gasteiger partial charge in [0.2, 0.25) is 0 Å². The highest BCUT2D eigenvalue weighted by atomic mass is 16.5. The molecule has 1 saturated heterocycles. The van der Waals surface area contributed by atoms with Gasteiger partial charge in [-0.1, -0.05) is 6.08 Å². The molecule has 78 valence electrons. The number of pyridine rings is 1. The van der Waals surface area contributed by atoms with Gasteiger partial charge < -0.3 is 9.64 Å². The van der Waals surface area contributed by atoms with Crippen molar-refractivity contribution >= 4 is 11.8 Å². The first-order chi connectivity index (χ1) is 7.45. The van der Waals surface area contributed by atoms with Crippen molar-refractivity contribution in [3.05, 3.63) is 29.6 Å². The highest BCUT2D eigenvalue weighted by Gasteiger charge is 2.18. The molecule has 1 aromatic heterocycles. The van der Waals surface area contributed by atoms with E-state index in [1.54, 1.807) is 0 Å². The lowest BCUT2D eigenvalue weighted by Crippen LogP contribution is -2.36. The van der Waals surface area contributed by atoms with Crippen LogP contribution in [0.2, 0.25) is 0 Å². The predicted molar refractivity (Wildman–Crippen MR) is 60.0 cm³/mol. The molecule has 1 fully saturated rings. The Morgan fingerprint density at radius 3 is 3.00 bits per heavy atom. The summed E-state index contributed by atoms with van der Waals surface area (Å²) < 4.78 is 5.37. The number of allylic oxidation sites excluding steroid dienone is 1. The van der Waals surface area contributed by atoms with Gasteiger partial charge >= 0.3 is 0 Å². The molecule has 0 atom stereocenters. The van der Waals surface area contributed by atoms with Gasteiger partial charge in [0.1, 0.15) is 0 Å². The second-order valence-corrected chi connectivity index (χ2v) is 3.90. The molecule has 0 spiro atoms. The number of aromatic nitrogens is 1. The lowest BCUT2D eigenvalue weighted by atomic mass is 10.1. The molecular formula is C12H14N2O. The lowest BCUT2D eigenvalue weighted by Gasteiger charge is -2.30. The minimum atomic E-state index is 0.838. The molecule has 0 unspecified atom stereocenters. The van der Waals surface area contributed by atoms with Gasteiger partial charge in [0.05, 0.1) is 18.9 Å². The van der Waals surface area contributed by atoms with Gasteiger partial charge in [-0.25, -0.2) is 0 Å². The number of nitrogens with zero attached hydrogens (tertiary/aromatic N) is 2. The van der Waals surface area contributed by atoms with Gasteiger partial charge in [-0.2, -0.15) is 0 Å². The van der Waals surface area contributed by atoms with Crippen LogP contribution in [0.5, 0.6) is 0 Å². The maximum atomic E-state index is 5.37. The minimum absolute atomic E-state index is 0.838. The van der Waals surface area contributed by atoms with Crippen LogP contribution in [-0.4, -0.2) is 31.3 Å². The molecule has 0 amide bonds. The van der Waals surface area contributed by atoms with Crippen LogP contribution < -0.4 is 4.90 Å². The van der Waals surface area contributed by atoms with E-state index in [1.165, 1.54) is 11.3 Å². The maximum Gasteiger partial charge on any atom is 0.0682 e. The van der Waals surface area contributed by atoms with Crippen LogP contribution in [0.15, 0.2) is 18.3 Å². The van der Waals surface area contributed by atoms with Crippen molar-refractivity contribution in [1.29, 1.82) is 0 Å². The first kappa shape index (κ1) is 8.92. The van der Waals surface area contributed by atoms with E-state index in [-0.39, 0.29) is 0 Å². The van der Waals surface area contributed by atoms with Crippen molar-refractivity contribution in [2.45, 2.75) is 6.42 Å². The predicted octanol–water partition coefficient (Wildman–Crippen LogP) is 1.49. The average Bonchev–Trinajstić information content (AvgIpc) is 2.78. The van der Waals surface area contributed by atoms with E-state index >= 15 is 0 Å². The Kier molecular flexibility index (Phi) is 2.18. The number of anilines is 1. The summed E-state index contributed by atoms with van der Waals surface area (Å²) in [5, 5.41) is 0. The summed E-state index contributed by atoms with van der Waals surface area (Å²) >= 11 is 0. The monoisotopic (exact) mass is 202 g/mol. The zero-order chi connectivity index (χ0) is 10.1. The molecule has 0 bridgehead atoms. The van der Waals surface area contributed by atoms with Crippen LogP contribution in [0.1, 0.15) is 11.3 Å². The van der Waals surface area contributed by atoms with Crippen LogP contribution in [0.3, 0.4) is 0 Å². The number of hydrogen-bond donors (Lipinski definition) is 0. The summed E-state index contributed by atoms with van der Waals surface area (Å²) in [7, 11) is 0. The summed E-state index contributed by atoms with van der Waals surface area (Å²) in [6, 6.07) is 2.12. The highest BCUT2D eigenvalue weighted by molar-refractivity contribution is 5.67.